The van der Waals surface area contributed by atoms with Crippen molar-refractivity contribution < 1.29 is 17.8 Å². The molecule has 0 bridgehead atoms. The second-order valence-electron chi connectivity index (χ2n) is 6.70. The number of nitrogens with zero attached hydrogens (tertiary/aromatic N) is 7. The number of para-hydroxylation sites is 1. The fourth-order valence-corrected chi connectivity index (χ4v) is 3.63. The first-order chi connectivity index (χ1) is 14.6. The van der Waals surface area contributed by atoms with Crippen molar-refractivity contribution in [3.8, 4) is 34.5 Å². The zero-order valence-electron chi connectivity index (χ0n) is 15.0. The second-order valence-corrected chi connectivity index (χ2v) is 6.70. The van der Waals surface area contributed by atoms with E-state index in [2.05, 4.69) is 20.3 Å². The molecule has 6 rings (SSSR count). The van der Waals surface area contributed by atoms with Gasteiger partial charge in [0, 0.05) is 11.6 Å². The van der Waals surface area contributed by atoms with Crippen molar-refractivity contribution in [3.63, 3.8) is 0 Å². The van der Waals surface area contributed by atoms with Crippen LogP contribution in [0.3, 0.4) is 0 Å². The average molecular weight is 409 g/mol. The maximum Gasteiger partial charge on any atom is 0.261 e. The smallest absolute Gasteiger partial charge is 0.261 e. The summed E-state index contributed by atoms with van der Waals surface area (Å²) in [5.74, 6) is -0.498. The normalized spacial score (nSPS) is 14.4. The highest BCUT2D eigenvalue weighted by molar-refractivity contribution is 5.89. The van der Waals surface area contributed by atoms with Crippen molar-refractivity contribution in [1.29, 1.82) is 0 Å². The van der Waals surface area contributed by atoms with Gasteiger partial charge in [0.05, 0.1) is 17.5 Å². The summed E-state index contributed by atoms with van der Waals surface area (Å²) in [6, 6.07) is 10.4. The summed E-state index contributed by atoms with van der Waals surface area (Å²) < 4.78 is 48.1. The van der Waals surface area contributed by atoms with E-state index < -0.39 is 11.6 Å². The van der Waals surface area contributed by atoms with Crippen molar-refractivity contribution in [2.45, 2.75) is 0 Å². The van der Waals surface area contributed by atoms with E-state index in [4.69, 9.17) is 4.52 Å². The highest BCUT2D eigenvalue weighted by Crippen LogP contribution is 2.43. The third kappa shape index (κ3) is 2.28. The monoisotopic (exact) mass is 409 g/mol. The van der Waals surface area contributed by atoms with Gasteiger partial charge in [0.2, 0.25) is 11.6 Å². The van der Waals surface area contributed by atoms with Crippen molar-refractivity contribution in [2.24, 2.45) is 0 Å². The van der Waals surface area contributed by atoms with Crippen LogP contribution in [0, 0.1) is 11.6 Å². The lowest BCUT2D eigenvalue weighted by atomic mass is 10.1. The number of anilines is 1. The van der Waals surface area contributed by atoms with Gasteiger partial charge in [0.15, 0.2) is 5.82 Å². The molecule has 2 aromatic heterocycles. The van der Waals surface area contributed by atoms with Crippen LogP contribution in [0.2, 0.25) is 0 Å². The van der Waals surface area contributed by atoms with E-state index in [0.29, 0.717) is 16.8 Å². The fourth-order valence-electron chi connectivity index (χ4n) is 3.63. The van der Waals surface area contributed by atoms with Gasteiger partial charge < -0.3 is 9.42 Å². The Kier molecular flexibility index (Phi) is 3.31. The predicted molar refractivity (Wildman–Crippen MR) is 98.7 cm³/mol. The van der Waals surface area contributed by atoms with Crippen LogP contribution in [0.4, 0.5) is 18.9 Å². The van der Waals surface area contributed by atoms with Gasteiger partial charge in [0.25, 0.3) is 5.89 Å². The fraction of sp³-hybridized carbons (Fsp3) is 0.0526. The lowest BCUT2D eigenvalue weighted by Gasteiger charge is -2.29. The van der Waals surface area contributed by atoms with E-state index in [1.807, 2.05) is 24.3 Å². The van der Waals surface area contributed by atoms with Gasteiger partial charge >= 0.3 is 0 Å². The van der Waals surface area contributed by atoms with E-state index in [-0.39, 0.29) is 29.8 Å². The van der Waals surface area contributed by atoms with E-state index >= 15 is 0 Å². The lowest BCUT2D eigenvalue weighted by Crippen LogP contribution is -2.28. The van der Waals surface area contributed by atoms with Crippen LogP contribution in [0.15, 0.2) is 53.2 Å². The molecule has 2 aromatic carbocycles. The number of halogens is 3. The molecule has 0 N–H and O–H groups in total. The van der Waals surface area contributed by atoms with Crippen LogP contribution >= 0.6 is 0 Å². The maximum absolute atomic E-state index is 14.1. The van der Waals surface area contributed by atoms with Gasteiger partial charge in [-0.1, -0.05) is 21.8 Å². The highest BCUT2D eigenvalue weighted by Gasteiger charge is 2.36. The van der Waals surface area contributed by atoms with Gasteiger partial charge in [-0.25, -0.2) is 8.78 Å². The lowest BCUT2D eigenvalue weighted by molar-refractivity contribution is 0.104. The molecule has 0 saturated carbocycles. The van der Waals surface area contributed by atoms with Crippen molar-refractivity contribution >= 4 is 11.5 Å². The first-order valence-corrected chi connectivity index (χ1v) is 8.86. The third-order valence-electron chi connectivity index (χ3n) is 4.92. The first-order valence-electron chi connectivity index (χ1n) is 8.86. The van der Waals surface area contributed by atoms with Crippen LogP contribution in [-0.4, -0.2) is 36.7 Å². The number of hydrogen-bond acceptors (Lipinski definition) is 7. The largest absolute Gasteiger partial charge is 0.333 e. The van der Waals surface area contributed by atoms with Gasteiger partial charge in [-0.3, -0.25) is 4.57 Å². The van der Waals surface area contributed by atoms with Crippen molar-refractivity contribution in [3.05, 3.63) is 60.3 Å². The highest BCUT2D eigenvalue weighted by atomic mass is 19.2. The zero-order chi connectivity index (χ0) is 20.4. The Bertz CT molecular complexity index is 1350. The molecule has 2 aliphatic heterocycles. The predicted octanol–water partition coefficient (Wildman–Crippen LogP) is 3.67. The maximum atomic E-state index is 14.1. The summed E-state index contributed by atoms with van der Waals surface area (Å²) in [4.78, 5) is 5.95. The molecule has 148 valence electrons. The Morgan fingerprint density at radius 2 is 1.80 bits per heavy atom. The Hall–Kier alpha value is -4.15. The van der Waals surface area contributed by atoms with Crippen LogP contribution in [0.5, 0.6) is 0 Å². The molecule has 0 aliphatic carbocycles. The summed E-state index contributed by atoms with van der Waals surface area (Å²) in [6.45, 7) is 0.00168. The van der Waals surface area contributed by atoms with Crippen LogP contribution in [0.25, 0.3) is 40.3 Å². The Morgan fingerprint density at radius 1 is 0.967 bits per heavy atom. The van der Waals surface area contributed by atoms with E-state index in [0.717, 1.165) is 23.4 Å². The molecule has 4 aromatic rings. The average Bonchev–Trinajstić information content (AvgIpc) is 3.45. The molecule has 2 aliphatic rings. The molecule has 8 nitrogen and oxygen atoms in total. The summed E-state index contributed by atoms with van der Waals surface area (Å²) in [5, 5.41) is 12.8. The van der Waals surface area contributed by atoms with E-state index in [1.54, 1.807) is 9.47 Å². The van der Waals surface area contributed by atoms with Crippen molar-refractivity contribution in [2.75, 3.05) is 11.6 Å². The molecule has 0 unspecified atom stereocenters. The van der Waals surface area contributed by atoms with E-state index in [9.17, 15) is 13.3 Å². The van der Waals surface area contributed by atoms with Gasteiger partial charge in [0.1, 0.15) is 24.1 Å². The summed E-state index contributed by atoms with van der Waals surface area (Å²) in [5.41, 5.74) is 1.50. The molecule has 11 heteroatoms. The molecule has 30 heavy (non-hydrogen) atoms. The molecular formula is C19H10F3N7O. The number of aromatic nitrogens is 5. The number of benzene rings is 2. The molecule has 0 fully saturated rings. The molecule has 0 saturated heterocycles. The molecule has 0 radical (unpaired) electrons. The molecular weight excluding hydrogens is 399 g/mol. The first kappa shape index (κ1) is 16.8. The third-order valence-corrected chi connectivity index (χ3v) is 4.92. The van der Waals surface area contributed by atoms with E-state index in [1.165, 1.54) is 12.3 Å². The van der Waals surface area contributed by atoms with Gasteiger partial charge in [-0.05, 0) is 24.3 Å². The van der Waals surface area contributed by atoms with Crippen LogP contribution in [-0.2, 0) is 0 Å². The zero-order valence-corrected chi connectivity index (χ0v) is 15.0. The Labute approximate surface area is 166 Å². The quantitative estimate of drug-likeness (QED) is 0.468. The minimum absolute atomic E-state index is 0.00168. The van der Waals surface area contributed by atoms with Crippen LogP contribution in [0.1, 0.15) is 0 Å². The molecule has 0 atom stereocenters. The SMILES string of the molecule is Fc1ccc(-c2nc(-c3nnc4n3C3=CN(F)CN3c3ccccc3-4)no2)c(F)c1. The van der Waals surface area contributed by atoms with Crippen molar-refractivity contribution in [1.82, 2.24) is 30.0 Å². The molecule has 0 amide bonds. The number of hydrogen-bond donors (Lipinski definition) is 0. The van der Waals surface area contributed by atoms with Gasteiger partial charge in [-0.2, -0.15) is 10.1 Å². The standard InChI is InChI=1S/C19H10F3N7O/c20-10-5-6-11(13(21)7-10)19-23-16(26-30-19)18-25-24-17-12-3-1-2-4-14(12)28-9-27(22)8-15(28)29(17)18/h1-8H,9H2. The number of rotatable bonds is 2. The second kappa shape index (κ2) is 5.92. The van der Waals surface area contributed by atoms with Crippen LogP contribution < -0.4 is 4.90 Å². The molecule has 0 spiro atoms. The minimum Gasteiger partial charge on any atom is -0.333 e. The topological polar surface area (TPSA) is 76.1 Å². The molecule has 4 heterocycles. The summed E-state index contributed by atoms with van der Waals surface area (Å²) in [6.07, 6.45) is 1.31. The Morgan fingerprint density at radius 3 is 2.67 bits per heavy atom. The Balaban J connectivity index is 1.51. The van der Waals surface area contributed by atoms with Gasteiger partial charge in [-0.15, -0.1) is 10.2 Å². The minimum atomic E-state index is -0.833. The number of fused-ring (bicyclic) bond motifs is 6. The summed E-state index contributed by atoms with van der Waals surface area (Å²) >= 11 is 0. The summed E-state index contributed by atoms with van der Waals surface area (Å²) in [7, 11) is 0.